The lowest BCUT2D eigenvalue weighted by atomic mass is 10.1. The van der Waals surface area contributed by atoms with Gasteiger partial charge in [-0.1, -0.05) is 11.6 Å². The number of aliphatic hydroxyl groups is 1. The number of rotatable bonds is 6. The van der Waals surface area contributed by atoms with Crippen molar-refractivity contribution in [3.05, 3.63) is 11.6 Å². The van der Waals surface area contributed by atoms with E-state index in [4.69, 9.17) is 5.11 Å². The average molecular weight is 197 g/mol. The average Bonchev–Trinajstić information content (AvgIpc) is 2.67. The van der Waals surface area contributed by atoms with Crippen molar-refractivity contribution >= 4 is 5.91 Å². The van der Waals surface area contributed by atoms with Crippen LogP contribution in [0.4, 0.5) is 0 Å². The number of nitrogens with one attached hydrogen (secondary N) is 1. The summed E-state index contributed by atoms with van der Waals surface area (Å²) in [6.45, 7) is 0.842. The van der Waals surface area contributed by atoms with Gasteiger partial charge in [-0.05, 0) is 32.1 Å². The van der Waals surface area contributed by atoms with Crippen molar-refractivity contribution in [1.82, 2.24) is 5.32 Å². The first kappa shape index (κ1) is 11.2. The van der Waals surface area contributed by atoms with Crippen molar-refractivity contribution in [3.8, 4) is 0 Å². The van der Waals surface area contributed by atoms with Gasteiger partial charge in [-0.25, -0.2) is 0 Å². The van der Waals surface area contributed by atoms with E-state index in [0.717, 1.165) is 13.0 Å². The maximum atomic E-state index is 11.1. The molecule has 0 bridgehead atoms. The molecule has 0 saturated heterocycles. The molecule has 0 heterocycles. The topological polar surface area (TPSA) is 49.3 Å². The van der Waals surface area contributed by atoms with Gasteiger partial charge in [0, 0.05) is 19.6 Å². The Kier molecular flexibility index (Phi) is 5.30. The number of hydrogen-bond donors (Lipinski definition) is 2. The fourth-order valence-corrected chi connectivity index (χ4v) is 1.65. The molecule has 0 unspecified atom stereocenters. The summed E-state index contributed by atoms with van der Waals surface area (Å²) in [6, 6.07) is 0. The van der Waals surface area contributed by atoms with Gasteiger partial charge in [0.25, 0.3) is 0 Å². The summed E-state index contributed by atoms with van der Waals surface area (Å²) in [4.78, 5) is 11.1. The van der Waals surface area contributed by atoms with E-state index in [1.165, 1.54) is 24.8 Å². The van der Waals surface area contributed by atoms with Gasteiger partial charge < -0.3 is 10.4 Å². The van der Waals surface area contributed by atoms with Crippen molar-refractivity contribution in [2.45, 2.75) is 38.5 Å². The van der Waals surface area contributed by atoms with Gasteiger partial charge in [0.05, 0.1) is 0 Å². The zero-order chi connectivity index (χ0) is 10.2. The molecule has 14 heavy (non-hydrogen) atoms. The van der Waals surface area contributed by atoms with Crippen molar-refractivity contribution in [2.75, 3.05) is 13.2 Å². The molecule has 1 aliphatic rings. The van der Waals surface area contributed by atoms with Crippen molar-refractivity contribution in [1.29, 1.82) is 0 Å². The van der Waals surface area contributed by atoms with Crippen LogP contribution in [0.3, 0.4) is 0 Å². The number of hydrogen-bond acceptors (Lipinski definition) is 2. The molecule has 1 rings (SSSR count). The molecule has 1 aliphatic carbocycles. The number of amides is 1. The predicted octanol–water partition coefficient (Wildman–Crippen LogP) is 1.38. The minimum Gasteiger partial charge on any atom is -0.396 e. The Morgan fingerprint density at radius 2 is 2.43 bits per heavy atom. The molecule has 0 aromatic carbocycles. The highest BCUT2D eigenvalue weighted by atomic mass is 16.3. The summed E-state index contributed by atoms with van der Waals surface area (Å²) in [5.74, 6) is 0.0534. The summed E-state index contributed by atoms with van der Waals surface area (Å²) >= 11 is 0. The van der Waals surface area contributed by atoms with Gasteiger partial charge in [0.2, 0.25) is 5.91 Å². The third kappa shape index (κ3) is 4.42. The summed E-state index contributed by atoms with van der Waals surface area (Å²) in [5, 5.41) is 11.4. The molecule has 0 aromatic heterocycles. The van der Waals surface area contributed by atoms with Crippen LogP contribution in [0.25, 0.3) is 0 Å². The van der Waals surface area contributed by atoms with E-state index in [1.54, 1.807) is 0 Å². The molecule has 1 amide bonds. The lowest BCUT2D eigenvalue weighted by Crippen LogP contribution is -2.24. The van der Waals surface area contributed by atoms with Gasteiger partial charge in [-0.2, -0.15) is 0 Å². The third-order valence-electron chi connectivity index (χ3n) is 2.47. The molecule has 3 heteroatoms. The fraction of sp³-hybridized carbons (Fsp3) is 0.727. The normalized spacial score (nSPS) is 15.4. The smallest absolute Gasteiger partial charge is 0.220 e. The number of carbonyl (C=O) groups excluding carboxylic acids is 1. The summed E-state index contributed by atoms with van der Waals surface area (Å²) in [7, 11) is 0. The van der Waals surface area contributed by atoms with Gasteiger partial charge in [-0.3, -0.25) is 4.79 Å². The maximum Gasteiger partial charge on any atom is 0.220 e. The molecule has 3 nitrogen and oxygen atoms in total. The lowest BCUT2D eigenvalue weighted by Gasteiger charge is -2.04. The van der Waals surface area contributed by atoms with E-state index in [0.29, 0.717) is 12.8 Å². The van der Waals surface area contributed by atoms with Crippen molar-refractivity contribution in [3.63, 3.8) is 0 Å². The third-order valence-corrected chi connectivity index (χ3v) is 2.47. The first-order chi connectivity index (χ1) is 6.83. The zero-order valence-electron chi connectivity index (χ0n) is 8.59. The van der Waals surface area contributed by atoms with E-state index < -0.39 is 0 Å². The second kappa shape index (κ2) is 6.60. The van der Waals surface area contributed by atoms with E-state index in [-0.39, 0.29) is 12.5 Å². The Bertz CT molecular complexity index is 211. The molecule has 0 saturated carbocycles. The Morgan fingerprint density at radius 3 is 3.07 bits per heavy atom. The second-order valence-electron chi connectivity index (χ2n) is 3.68. The highest BCUT2D eigenvalue weighted by molar-refractivity contribution is 5.75. The van der Waals surface area contributed by atoms with Crippen LogP contribution in [0.2, 0.25) is 0 Å². The molecule has 0 spiro atoms. The Labute approximate surface area is 85.2 Å². The van der Waals surface area contributed by atoms with Gasteiger partial charge in [0.1, 0.15) is 0 Å². The molecular formula is C11H19NO2. The Hall–Kier alpha value is -0.830. The molecule has 2 N–H and O–H groups in total. The zero-order valence-corrected chi connectivity index (χ0v) is 8.59. The molecular weight excluding hydrogens is 178 g/mol. The molecule has 80 valence electrons. The Balaban J connectivity index is 2.00. The van der Waals surface area contributed by atoms with Gasteiger partial charge in [0.15, 0.2) is 0 Å². The maximum absolute atomic E-state index is 11.1. The van der Waals surface area contributed by atoms with Crippen LogP contribution < -0.4 is 5.32 Å². The predicted molar refractivity (Wildman–Crippen MR) is 55.9 cm³/mol. The van der Waals surface area contributed by atoms with Gasteiger partial charge in [-0.15, -0.1) is 0 Å². The lowest BCUT2D eigenvalue weighted by molar-refractivity contribution is -0.121. The van der Waals surface area contributed by atoms with Crippen LogP contribution in [0.5, 0.6) is 0 Å². The summed E-state index contributed by atoms with van der Waals surface area (Å²) < 4.78 is 0. The van der Waals surface area contributed by atoms with Crippen LogP contribution in [0.15, 0.2) is 11.6 Å². The van der Waals surface area contributed by atoms with Gasteiger partial charge >= 0.3 is 0 Å². The van der Waals surface area contributed by atoms with Crippen LogP contribution in [-0.2, 0) is 4.79 Å². The van der Waals surface area contributed by atoms with Crippen LogP contribution >= 0.6 is 0 Å². The van der Waals surface area contributed by atoms with Crippen LogP contribution in [0, 0.1) is 0 Å². The number of allylic oxidation sites excluding steroid dienone is 1. The highest BCUT2D eigenvalue weighted by Crippen LogP contribution is 2.19. The van der Waals surface area contributed by atoms with E-state index in [2.05, 4.69) is 11.4 Å². The van der Waals surface area contributed by atoms with E-state index >= 15 is 0 Å². The first-order valence-corrected chi connectivity index (χ1v) is 5.38. The van der Waals surface area contributed by atoms with Crippen molar-refractivity contribution in [2.24, 2.45) is 0 Å². The van der Waals surface area contributed by atoms with Crippen LogP contribution in [0.1, 0.15) is 38.5 Å². The summed E-state index contributed by atoms with van der Waals surface area (Å²) in [5.41, 5.74) is 1.48. The second-order valence-corrected chi connectivity index (χ2v) is 3.68. The molecule has 0 fully saturated rings. The van der Waals surface area contributed by atoms with Crippen LogP contribution in [-0.4, -0.2) is 24.2 Å². The minimum atomic E-state index is 0.0534. The monoisotopic (exact) mass is 197 g/mol. The van der Waals surface area contributed by atoms with E-state index in [1.807, 2.05) is 0 Å². The number of carbonyl (C=O) groups is 1. The first-order valence-electron chi connectivity index (χ1n) is 5.38. The SMILES string of the molecule is O=C(CCCO)NCCC1=CCCC1. The van der Waals surface area contributed by atoms with E-state index in [9.17, 15) is 4.79 Å². The minimum absolute atomic E-state index is 0.0534. The number of aliphatic hydroxyl groups excluding tert-OH is 1. The molecule has 0 aliphatic heterocycles. The Morgan fingerprint density at radius 1 is 1.57 bits per heavy atom. The summed E-state index contributed by atoms with van der Waals surface area (Å²) in [6.07, 6.45) is 7.95. The van der Waals surface area contributed by atoms with Crippen molar-refractivity contribution < 1.29 is 9.90 Å². The fourth-order valence-electron chi connectivity index (χ4n) is 1.65. The molecule has 0 atom stereocenters. The quantitative estimate of drug-likeness (QED) is 0.632. The highest BCUT2D eigenvalue weighted by Gasteiger charge is 2.05. The largest absolute Gasteiger partial charge is 0.396 e. The standard InChI is InChI=1S/C11H19NO2/c13-9-3-6-11(14)12-8-7-10-4-1-2-5-10/h4,13H,1-3,5-9H2,(H,12,14). The molecule has 0 aromatic rings. The molecule has 0 radical (unpaired) electrons.